The SMILES string of the molecule is COCC(=O)NC[C@H]1CCC[C@]2(CCN(Cc3ccccc3C)C2)O1. The number of likely N-dealkylation sites (tertiary alicyclic amines) is 1. The molecule has 0 aliphatic carbocycles. The van der Waals surface area contributed by atoms with Gasteiger partial charge in [-0.25, -0.2) is 0 Å². The van der Waals surface area contributed by atoms with Crippen LogP contribution in [0.3, 0.4) is 0 Å². The quantitative estimate of drug-likeness (QED) is 0.858. The summed E-state index contributed by atoms with van der Waals surface area (Å²) >= 11 is 0. The van der Waals surface area contributed by atoms with Crippen LogP contribution in [0.25, 0.3) is 0 Å². The number of hydrogen-bond donors (Lipinski definition) is 1. The summed E-state index contributed by atoms with van der Waals surface area (Å²) in [5.41, 5.74) is 2.72. The van der Waals surface area contributed by atoms with E-state index in [0.717, 1.165) is 38.9 Å². The Morgan fingerprint density at radius 1 is 1.40 bits per heavy atom. The molecule has 0 aromatic heterocycles. The number of nitrogens with zero attached hydrogens (tertiary/aromatic N) is 1. The third-order valence-electron chi connectivity index (χ3n) is 5.43. The van der Waals surface area contributed by atoms with Crippen LogP contribution in [0.15, 0.2) is 24.3 Å². The molecule has 1 aromatic rings. The number of hydrogen-bond acceptors (Lipinski definition) is 4. The second-order valence-electron chi connectivity index (χ2n) is 7.44. The molecule has 1 spiro atoms. The van der Waals surface area contributed by atoms with Crippen molar-refractivity contribution in [1.29, 1.82) is 0 Å². The zero-order chi connectivity index (χ0) is 17.7. The van der Waals surface area contributed by atoms with Crippen molar-refractivity contribution in [2.45, 2.75) is 50.9 Å². The van der Waals surface area contributed by atoms with E-state index in [4.69, 9.17) is 9.47 Å². The van der Waals surface area contributed by atoms with Crippen LogP contribution in [-0.4, -0.2) is 55.9 Å². The van der Waals surface area contributed by atoms with Crippen molar-refractivity contribution in [1.82, 2.24) is 10.2 Å². The van der Waals surface area contributed by atoms with Gasteiger partial charge in [0.15, 0.2) is 0 Å². The van der Waals surface area contributed by atoms with Gasteiger partial charge in [-0.3, -0.25) is 9.69 Å². The number of rotatable bonds is 6. The lowest BCUT2D eigenvalue weighted by atomic mass is 9.90. The van der Waals surface area contributed by atoms with Crippen molar-refractivity contribution in [3.05, 3.63) is 35.4 Å². The maximum Gasteiger partial charge on any atom is 0.246 e. The van der Waals surface area contributed by atoms with E-state index in [1.54, 1.807) is 0 Å². The van der Waals surface area contributed by atoms with Crippen molar-refractivity contribution in [3.63, 3.8) is 0 Å². The van der Waals surface area contributed by atoms with Crippen LogP contribution in [0.2, 0.25) is 0 Å². The van der Waals surface area contributed by atoms with E-state index in [9.17, 15) is 4.79 Å². The number of benzene rings is 1. The fraction of sp³-hybridized carbons (Fsp3) is 0.650. The molecule has 1 aromatic carbocycles. The lowest BCUT2D eigenvalue weighted by Crippen LogP contribution is -2.47. The second-order valence-corrected chi connectivity index (χ2v) is 7.44. The maximum atomic E-state index is 11.6. The molecular formula is C20H30N2O3. The average molecular weight is 346 g/mol. The van der Waals surface area contributed by atoms with Gasteiger partial charge in [-0.05, 0) is 43.7 Å². The molecule has 138 valence electrons. The van der Waals surface area contributed by atoms with E-state index in [1.807, 2.05) is 0 Å². The summed E-state index contributed by atoms with van der Waals surface area (Å²) in [7, 11) is 1.53. The van der Waals surface area contributed by atoms with Crippen molar-refractivity contribution >= 4 is 5.91 Å². The average Bonchev–Trinajstić information content (AvgIpc) is 2.97. The van der Waals surface area contributed by atoms with E-state index in [2.05, 4.69) is 41.4 Å². The highest BCUT2D eigenvalue weighted by atomic mass is 16.5. The molecule has 0 bridgehead atoms. The second kappa shape index (κ2) is 8.30. The lowest BCUT2D eigenvalue weighted by Gasteiger charge is -2.39. The first-order valence-electron chi connectivity index (χ1n) is 9.30. The molecule has 2 heterocycles. The molecule has 5 nitrogen and oxygen atoms in total. The van der Waals surface area contributed by atoms with Gasteiger partial charge in [0.25, 0.3) is 0 Å². The maximum absolute atomic E-state index is 11.6. The topological polar surface area (TPSA) is 50.8 Å². The van der Waals surface area contributed by atoms with Crippen LogP contribution in [0.4, 0.5) is 0 Å². The first-order chi connectivity index (χ1) is 12.1. The Morgan fingerprint density at radius 2 is 2.24 bits per heavy atom. The predicted octanol–water partition coefficient (Wildman–Crippen LogP) is 2.27. The fourth-order valence-electron chi connectivity index (χ4n) is 4.07. The molecule has 0 radical (unpaired) electrons. The van der Waals surface area contributed by atoms with Gasteiger partial charge >= 0.3 is 0 Å². The van der Waals surface area contributed by atoms with Crippen molar-refractivity contribution in [2.75, 3.05) is 33.4 Å². The van der Waals surface area contributed by atoms with E-state index < -0.39 is 0 Å². The van der Waals surface area contributed by atoms with Gasteiger partial charge in [0.1, 0.15) is 6.61 Å². The number of ether oxygens (including phenoxy) is 2. The molecule has 2 aliphatic rings. The summed E-state index contributed by atoms with van der Waals surface area (Å²) < 4.78 is 11.3. The monoisotopic (exact) mass is 346 g/mol. The minimum Gasteiger partial charge on any atom is -0.375 e. The summed E-state index contributed by atoms with van der Waals surface area (Å²) in [5.74, 6) is -0.0710. The highest BCUT2D eigenvalue weighted by Crippen LogP contribution is 2.37. The van der Waals surface area contributed by atoms with Crippen molar-refractivity contribution < 1.29 is 14.3 Å². The van der Waals surface area contributed by atoms with Gasteiger partial charge in [0, 0.05) is 33.3 Å². The molecule has 2 saturated heterocycles. The zero-order valence-electron chi connectivity index (χ0n) is 15.4. The minimum absolute atomic E-state index is 0.0302. The Hall–Kier alpha value is -1.43. The largest absolute Gasteiger partial charge is 0.375 e. The Morgan fingerprint density at radius 3 is 3.04 bits per heavy atom. The van der Waals surface area contributed by atoms with Gasteiger partial charge in [-0.2, -0.15) is 0 Å². The first kappa shape index (κ1) is 18.4. The smallest absolute Gasteiger partial charge is 0.246 e. The summed E-state index contributed by atoms with van der Waals surface area (Å²) in [6.07, 6.45) is 4.52. The fourth-order valence-corrected chi connectivity index (χ4v) is 4.07. The third-order valence-corrected chi connectivity index (χ3v) is 5.43. The van der Waals surface area contributed by atoms with Gasteiger partial charge < -0.3 is 14.8 Å². The minimum atomic E-state index is -0.0710. The predicted molar refractivity (Wildman–Crippen MR) is 97.4 cm³/mol. The van der Waals surface area contributed by atoms with Gasteiger partial charge in [0.05, 0.1) is 11.7 Å². The lowest BCUT2D eigenvalue weighted by molar-refractivity contribution is -0.132. The van der Waals surface area contributed by atoms with Crippen LogP contribution in [-0.2, 0) is 20.8 Å². The van der Waals surface area contributed by atoms with Gasteiger partial charge in [-0.15, -0.1) is 0 Å². The van der Waals surface area contributed by atoms with Gasteiger partial charge in [0.2, 0.25) is 5.91 Å². The van der Waals surface area contributed by atoms with E-state index in [0.29, 0.717) is 6.54 Å². The molecule has 1 amide bonds. The van der Waals surface area contributed by atoms with Crippen LogP contribution in [0.5, 0.6) is 0 Å². The van der Waals surface area contributed by atoms with Crippen molar-refractivity contribution in [3.8, 4) is 0 Å². The first-order valence-corrected chi connectivity index (χ1v) is 9.30. The number of nitrogens with one attached hydrogen (secondary N) is 1. The van der Waals surface area contributed by atoms with Crippen LogP contribution >= 0.6 is 0 Å². The summed E-state index contributed by atoms with van der Waals surface area (Å²) in [4.78, 5) is 14.1. The van der Waals surface area contributed by atoms with E-state index in [-0.39, 0.29) is 24.2 Å². The van der Waals surface area contributed by atoms with Crippen LogP contribution < -0.4 is 5.32 Å². The van der Waals surface area contributed by atoms with E-state index in [1.165, 1.54) is 24.7 Å². The Labute approximate surface area is 150 Å². The normalized spacial score (nSPS) is 26.9. The van der Waals surface area contributed by atoms with Gasteiger partial charge in [-0.1, -0.05) is 24.3 Å². The number of methoxy groups -OCH3 is 1. The van der Waals surface area contributed by atoms with E-state index >= 15 is 0 Å². The molecule has 1 N–H and O–H groups in total. The van der Waals surface area contributed by atoms with Crippen LogP contribution in [0, 0.1) is 6.92 Å². The Kier molecular flexibility index (Phi) is 6.10. The summed E-state index contributed by atoms with van der Waals surface area (Å²) in [5, 5.41) is 2.92. The number of carbonyl (C=O) groups is 1. The molecule has 2 atom stereocenters. The molecule has 0 saturated carbocycles. The van der Waals surface area contributed by atoms with Crippen molar-refractivity contribution in [2.24, 2.45) is 0 Å². The molecule has 0 unspecified atom stereocenters. The summed E-state index contributed by atoms with van der Waals surface area (Å²) in [6, 6.07) is 8.61. The number of aryl methyl sites for hydroxylation is 1. The number of amides is 1. The summed E-state index contributed by atoms with van der Waals surface area (Å²) in [6.45, 7) is 5.94. The number of carbonyl (C=O) groups excluding carboxylic acids is 1. The highest BCUT2D eigenvalue weighted by molar-refractivity contribution is 5.77. The molecule has 3 rings (SSSR count). The molecule has 2 fully saturated rings. The Balaban J connectivity index is 1.52. The molecule has 2 aliphatic heterocycles. The third kappa shape index (κ3) is 4.81. The zero-order valence-corrected chi connectivity index (χ0v) is 15.4. The van der Waals surface area contributed by atoms with Crippen LogP contribution in [0.1, 0.15) is 36.8 Å². The highest BCUT2D eigenvalue weighted by Gasteiger charge is 2.42. The molecule has 5 heteroatoms. The Bertz CT molecular complexity index is 592. The standard InChI is InChI=1S/C20H30N2O3/c1-16-6-3-4-7-17(16)13-22-11-10-20(15-22)9-5-8-18(25-20)12-21-19(23)14-24-2/h3-4,6-7,18H,5,8-15H2,1-2H3,(H,21,23)/t18-,20-/m1/s1. The molecule has 25 heavy (non-hydrogen) atoms. The molecular weight excluding hydrogens is 316 g/mol.